The number of fused-ring (bicyclic) bond motifs is 2. The van der Waals surface area contributed by atoms with Gasteiger partial charge in [-0.25, -0.2) is 9.97 Å². The third-order valence-electron chi connectivity index (χ3n) is 6.87. The van der Waals surface area contributed by atoms with Crippen molar-refractivity contribution in [1.82, 2.24) is 25.3 Å². The maximum absolute atomic E-state index is 5.62. The Bertz CT molecular complexity index is 1440. The summed E-state index contributed by atoms with van der Waals surface area (Å²) >= 11 is 0. The Morgan fingerprint density at radius 2 is 1.71 bits per heavy atom. The van der Waals surface area contributed by atoms with E-state index in [1.807, 2.05) is 6.20 Å². The fourth-order valence-corrected chi connectivity index (χ4v) is 4.97. The minimum absolute atomic E-state index is 0.347. The molecule has 5 N–H and O–H groups in total. The number of imidazole rings is 2. The normalized spacial score (nSPS) is 16.1. The Labute approximate surface area is 199 Å². The lowest BCUT2D eigenvalue weighted by Gasteiger charge is -2.07. The molecule has 1 saturated heterocycles. The molecule has 1 fully saturated rings. The van der Waals surface area contributed by atoms with Crippen molar-refractivity contribution in [2.75, 3.05) is 13.1 Å². The highest BCUT2D eigenvalue weighted by Crippen LogP contribution is 2.30. The van der Waals surface area contributed by atoms with Crippen molar-refractivity contribution in [1.29, 1.82) is 0 Å². The van der Waals surface area contributed by atoms with Crippen LogP contribution in [0, 0.1) is 0 Å². The smallest absolute Gasteiger partial charge is 0.123 e. The predicted octanol–water partition coefficient (Wildman–Crippen LogP) is 5.48. The number of hydrogen-bond donors (Lipinski definition) is 4. The molecular weight excluding hydrogens is 420 g/mol. The van der Waals surface area contributed by atoms with Crippen molar-refractivity contribution in [2.45, 2.75) is 38.1 Å². The summed E-state index contributed by atoms with van der Waals surface area (Å²) in [6.45, 7) is 1.80. The Morgan fingerprint density at radius 3 is 2.56 bits per heavy atom. The summed E-state index contributed by atoms with van der Waals surface area (Å²) in [5.74, 6) is 2.08. The van der Waals surface area contributed by atoms with Crippen LogP contribution in [0.1, 0.15) is 43.4 Å². The van der Waals surface area contributed by atoms with Crippen LogP contribution in [0.25, 0.3) is 44.2 Å². The van der Waals surface area contributed by atoms with E-state index in [4.69, 9.17) is 10.7 Å². The molecule has 172 valence electrons. The van der Waals surface area contributed by atoms with E-state index >= 15 is 0 Å². The second-order valence-corrected chi connectivity index (χ2v) is 9.27. The van der Waals surface area contributed by atoms with E-state index in [1.165, 1.54) is 28.3 Å². The molecule has 0 spiro atoms. The van der Waals surface area contributed by atoms with Crippen molar-refractivity contribution < 1.29 is 0 Å². The zero-order valence-electron chi connectivity index (χ0n) is 19.3. The van der Waals surface area contributed by atoms with Gasteiger partial charge in [0.2, 0.25) is 0 Å². The van der Waals surface area contributed by atoms with E-state index in [-0.39, 0.29) is 0 Å². The van der Waals surface area contributed by atoms with E-state index in [9.17, 15) is 0 Å². The van der Waals surface area contributed by atoms with Gasteiger partial charge in [0.15, 0.2) is 0 Å². The number of unbranched alkanes of at least 4 members (excludes halogenated alkanes) is 1. The minimum Gasteiger partial charge on any atom is -0.342 e. The molecule has 0 aliphatic carbocycles. The van der Waals surface area contributed by atoms with Crippen molar-refractivity contribution in [3.63, 3.8) is 0 Å². The van der Waals surface area contributed by atoms with E-state index in [2.05, 4.69) is 74.9 Å². The van der Waals surface area contributed by atoms with E-state index < -0.39 is 0 Å². The third-order valence-corrected chi connectivity index (χ3v) is 6.87. The van der Waals surface area contributed by atoms with Gasteiger partial charge in [-0.2, -0.15) is 0 Å². The maximum Gasteiger partial charge on any atom is 0.123 e. The molecule has 3 heterocycles. The number of hydrogen-bond acceptors (Lipinski definition) is 4. The number of nitrogens with zero attached hydrogens (tertiary/aromatic N) is 2. The lowest BCUT2D eigenvalue weighted by Crippen LogP contribution is -2.14. The van der Waals surface area contributed by atoms with Gasteiger partial charge in [0.1, 0.15) is 11.6 Å². The molecule has 6 rings (SSSR count). The van der Waals surface area contributed by atoms with Gasteiger partial charge < -0.3 is 21.0 Å². The van der Waals surface area contributed by atoms with Crippen LogP contribution in [0.5, 0.6) is 0 Å². The van der Waals surface area contributed by atoms with Crippen molar-refractivity contribution in [3.05, 3.63) is 72.4 Å². The molecule has 0 amide bonds. The number of nitrogens with two attached hydrogens (primary N) is 1. The summed E-state index contributed by atoms with van der Waals surface area (Å²) in [6, 6.07) is 20.1. The average molecular weight is 451 g/mol. The SMILES string of the molecule is NCCCCc1nc2ccc(-c3ccc4ccc(-c5cnc(C6CCCN6)[nH]5)cc4c3)cc2[nH]1. The number of H-pyrrole nitrogens is 2. The highest BCUT2D eigenvalue weighted by molar-refractivity contribution is 5.91. The molecule has 0 bridgehead atoms. The Hall–Kier alpha value is -3.48. The van der Waals surface area contributed by atoms with E-state index in [0.717, 1.165) is 72.7 Å². The van der Waals surface area contributed by atoms with Gasteiger partial charge in [-0.05, 0) is 84.9 Å². The van der Waals surface area contributed by atoms with Crippen LogP contribution in [-0.2, 0) is 6.42 Å². The van der Waals surface area contributed by atoms with Gasteiger partial charge >= 0.3 is 0 Å². The number of nitrogens with one attached hydrogen (secondary N) is 3. The monoisotopic (exact) mass is 450 g/mol. The topological polar surface area (TPSA) is 95.4 Å². The maximum atomic E-state index is 5.62. The van der Waals surface area contributed by atoms with E-state index in [1.54, 1.807) is 0 Å². The zero-order chi connectivity index (χ0) is 22.9. The van der Waals surface area contributed by atoms with Gasteiger partial charge in [0.05, 0.1) is 29.0 Å². The Kier molecular flexibility index (Phi) is 5.61. The lowest BCUT2D eigenvalue weighted by molar-refractivity contribution is 0.613. The third kappa shape index (κ3) is 4.11. The molecule has 34 heavy (non-hydrogen) atoms. The van der Waals surface area contributed by atoms with Gasteiger partial charge in [-0.15, -0.1) is 0 Å². The number of benzene rings is 3. The first-order chi connectivity index (χ1) is 16.8. The molecule has 1 aliphatic rings. The Balaban J connectivity index is 1.29. The molecule has 1 atom stereocenters. The molecule has 1 unspecified atom stereocenters. The Morgan fingerprint density at radius 1 is 0.882 bits per heavy atom. The minimum atomic E-state index is 0.347. The highest BCUT2D eigenvalue weighted by atomic mass is 15.0. The second-order valence-electron chi connectivity index (χ2n) is 9.27. The summed E-state index contributed by atoms with van der Waals surface area (Å²) in [7, 11) is 0. The second kappa shape index (κ2) is 9.05. The van der Waals surface area contributed by atoms with Gasteiger partial charge in [0.25, 0.3) is 0 Å². The van der Waals surface area contributed by atoms with Gasteiger partial charge in [-0.1, -0.05) is 30.3 Å². The van der Waals surface area contributed by atoms with Crippen LogP contribution in [0.15, 0.2) is 60.8 Å². The summed E-state index contributed by atoms with van der Waals surface area (Å²) in [5.41, 5.74) is 12.3. The first kappa shape index (κ1) is 21.1. The number of aryl methyl sites for hydroxylation is 1. The first-order valence-electron chi connectivity index (χ1n) is 12.3. The molecule has 1 aliphatic heterocycles. The molecule has 6 heteroatoms. The average Bonchev–Trinajstić information content (AvgIpc) is 3.63. The lowest BCUT2D eigenvalue weighted by atomic mass is 9.99. The fraction of sp³-hybridized carbons (Fsp3) is 0.286. The standard InChI is InChI=1S/C28H30N6/c29-12-2-1-5-27-32-23-11-10-20(16-25(23)33-27)19-8-6-18-7-9-21(15-22(18)14-19)26-17-31-28(34-26)24-4-3-13-30-24/h6-11,14-17,24,30H,1-5,12-13,29H2,(H,31,34)(H,32,33). The molecule has 6 nitrogen and oxygen atoms in total. The van der Waals surface area contributed by atoms with Crippen LogP contribution in [0.4, 0.5) is 0 Å². The largest absolute Gasteiger partial charge is 0.342 e. The molecular formula is C28H30N6. The van der Waals surface area contributed by atoms with Gasteiger partial charge in [-0.3, -0.25) is 0 Å². The van der Waals surface area contributed by atoms with Gasteiger partial charge in [0, 0.05) is 12.0 Å². The summed E-state index contributed by atoms with van der Waals surface area (Å²) < 4.78 is 0. The number of aromatic nitrogens is 4. The molecule has 2 aromatic heterocycles. The summed E-state index contributed by atoms with van der Waals surface area (Å²) in [5, 5.41) is 5.96. The van der Waals surface area contributed by atoms with Crippen molar-refractivity contribution >= 4 is 21.8 Å². The predicted molar refractivity (Wildman–Crippen MR) is 139 cm³/mol. The first-order valence-corrected chi connectivity index (χ1v) is 12.3. The van der Waals surface area contributed by atoms with Crippen LogP contribution in [0.3, 0.4) is 0 Å². The highest BCUT2D eigenvalue weighted by Gasteiger charge is 2.19. The summed E-state index contributed by atoms with van der Waals surface area (Å²) in [4.78, 5) is 16.4. The van der Waals surface area contributed by atoms with Crippen LogP contribution >= 0.6 is 0 Å². The molecule has 5 aromatic rings. The number of rotatable bonds is 7. The quantitative estimate of drug-likeness (QED) is 0.247. The molecule has 0 radical (unpaired) electrons. The van der Waals surface area contributed by atoms with Crippen molar-refractivity contribution in [2.24, 2.45) is 5.73 Å². The van der Waals surface area contributed by atoms with Crippen LogP contribution in [-0.4, -0.2) is 33.0 Å². The van der Waals surface area contributed by atoms with Crippen LogP contribution in [0.2, 0.25) is 0 Å². The molecule has 0 saturated carbocycles. The zero-order valence-corrected chi connectivity index (χ0v) is 19.3. The van der Waals surface area contributed by atoms with Crippen molar-refractivity contribution in [3.8, 4) is 22.4 Å². The fourth-order valence-electron chi connectivity index (χ4n) is 4.97. The number of aromatic amines is 2. The van der Waals surface area contributed by atoms with Crippen LogP contribution < -0.4 is 11.1 Å². The van der Waals surface area contributed by atoms with E-state index in [0.29, 0.717) is 6.04 Å². The summed E-state index contributed by atoms with van der Waals surface area (Å²) in [6.07, 6.45) is 7.33. The molecule has 3 aromatic carbocycles.